The molecule has 21 heavy (non-hydrogen) atoms. The van der Waals surface area contributed by atoms with Crippen LogP contribution in [0.2, 0.25) is 0 Å². The van der Waals surface area contributed by atoms with Crippen molar-refractivity contribution in [1.82, 2.24) is 0 Å². The molecule has 2 aromatic carbocycles. The van der Waals surface area contributed by atoms with E-state index in [1.54, 1.807) is 50.6 Å². The second-order valence-electron chi connectivity index (χ2n) is 4.28. The van der Waals surface area contributed by atoms with Crippen LogP contribution < -0.4 is 14.2 Å². The average Bonchev–Trinajstić information content (AvgIpc) is 2.52. The summed E-state index contributed by atoms with van der Waals surface area (Å²) in [6, 6.07) is 11.9. The monoisotopic (exact) mass is 288 g/mol. The van der Waals surface area contributed by atoms with Gasteiger partial charge in [-0.25, -0.2) is 4.79 Å². The highest BCUT2D eigenvalue weighted by atomic mass is 16.5. The number of benzene rings is 2. The van der Waals surface area contributed by atoms with Crippen LogP contribution in [0.15, 0.2) is 42.5 Å². The van der Waals surface area contributed by atoms with Crippen LogP contribution in [0.4, 0.5) is 0 Å². The number of hydrogen-bond donors (Lipinski definition) is 1. The maximum Gasteiger partial charge on any atom is 0.335 e. The van der Waals surface area contributed by atoms with Crippen molar-refractivity contribution in [3.05, 3.63) is 53.6 Å². The molecule has 110 valence electrons. The van der Waals surface area contributed by atoms with Gasteiger partial charge >= 0.3 is 5.97 Å². The van der Waals surface area contributed by atoms with Crippen LogP contribution in [0.5, 0.6) is 17.2 Å². The molecule has 0 fully saturated rings. The lowest BCUT2D eigenvalue weighted by Crippen LogP contribution is -2.00. The fraction of sp³-hybridized carbons (Fsp3) is 0.188. The molecular weight excluding hydrogens is 272 g/mol. The normalized spacial score (nSPS) is 10.0. The van der Waals surface area contributed by atoms with Gasteiger partial charge in [-0.05, 0) is 29.8 Å². The van der Waals surface area contributed by atoms with Crippen molar-refractivity contribution in [3.8, 4) is 17.2 Å². The van der Waals surface area contributed by atoms with Crippen molar-refractivity contribution in [3.63, 3.8) is 0 Å². The predicted molar refractivity (Wildman–Crippen MR) is 77.3 cm³/mol. The Hall–Kier alpha value is -2.69. The fourth-order valence-electron chi connectivity index (χ4n) is 1.88. The molecule has 0 saturated heterocycles. The second-order valence-corrected chi connectivity index (χ2v) is 4.28. The zero-order chi connectivity index (χ0) is 15.2. The molecule has 5 nitrogen and oxygen atoms in total. The first-order chi connectivity index (χ1) is 10.2. The van der Waals surface area contributed by atoms with E-state index in [4.69, 9.17) is 19.3 Å². The van der Waals surface area contributed by atoms with Crippen LogP contribution in [-0.2, 0) is 6.61 Å². The van der Waals surface area contributed by atoms with Gasteiger partial charge < -0.3 is 19.3 Å². The molecule has 0 aliphatic heterocycles. The largest absolute Gasteiger partial charge is 0.493 e. The molecule has 0 radical (unpaired) electrons. The molecule has 0 aromatic heterocycles. The molecule has 0 heterocycles. The van der Waals surface area contributed by atoms with Crippen LogP contribution in [0, 0.1) is 0 Å². The Morgan fingerprint density at radius 1 is 1.00 bits per heavy atom. The predicted octanol–water partition coefficient (Wildman–Crippen LogP) is 2.98. The zero-order valence-corrected chi connectivity index (χ0v) is 11.8. The van der Waals surface area contributed by atoms with Crippen molar-refractivity contribution < 1.29 is 24.1 Å². The summed E-state index contributed by atoms with van der Waals surface area (Å²) in [7, 11) is 3.11. The Labute approximate surface area is 122 Å². The van der Waals surface area contributed by atoms with Gasteiger partial charge in [0.1, 0.15) is 6.61 Å². The van der Waals surface area contributed by atoms with E-state index in [9.17, 15) is 4.79 Å². The summed E-state index contributed by atoms with van der Waals surface area (Å²) in [5.74, 6) is 0.745. The number of methoxy groups -OCH3 is 2. The summed E-state index contributed by atoms with van der Waals surface area (Å²) < 4.78 is 16.2. The van der Waals surface area contributed by atoms with Crippen LogP contribution in [-0.4, -0.2) is 25.3 Å². The van der Waals surface area contributed by atoms with Crippen LogP contribution in [0.3, 0.4) is 0 Å². The summed E-state index contributed by atoms with van der Waals surface area (Å²) in [5.41, 5.74) is 1.11. The standard InChI is InChI=1S/C16H16O5/c1-19-13-4-3-5-14(15(13)20-2)21-10-11-6-8-12(9-7-11)16(17)18/h3-9H,10H2,1-2H3,(H,17,18). The van der Waals surface area contributed by atoms with Crippen molar-refractivity contribution in [2.24, 2.45) is 0 Å². The number of ether oxygens (including phenoxy) is 3. The van der Waals surface area contributed by atoms with E-state index in [0.29, 0.717) is 23.9 Å². The van der Waals surface area contributed by atoms with E-state index < -0.39 is 5.97 Å². The van der Waals surface area contributed by atoms with Crippen LogP contribution >= 0.6 is 0 Å². The maximum atomic E-state index is 10.8. The molecule has 0 aliphatic carbocycles. The molecule has 0 aliphatic rings. The van der Waals surface area contributed by atoms with Gasteiger partial charge in [0.25, 0.3) is 0 Å². The zero-order valence-electron chi connectivity index (χ0n) is 11.8. The van der Waals surface area contributed by atoms with E-state index in [1.165, 1.54) is 0 Å². The highest BCUT2D eigenvalue weighted by molar-refractivity contribution is 5.87. The number of carbonyl (C=O) groups is 1. The molecular formula is C16H16O5. The summed E-state index contributed by atoms with van der Waals surface area (Å²) in [6.07, 6.45) is 0. The SMILES string of the molecule is COc1cccc(OCc2ccc(C(=O)O)cc2)c1OC. The number of para-hydroxylation sites is 1. The van der Waals surface area contributed by atoms with Gasteiger partial charge in [0.2, 0.25) is 5.75 Å². The molecule has 0 atom stereocenters. The van der Waals surface area contributed by atoms with Gasteiger partial charge in [-0.3, -0.25) is 0 Å². The third-order valence-corrected chi connectivity index (χ3v) is 2.96. The van der Waals surface area contributed by atoms with Gasteiger partial charge in [0.15, 0.2) is 11.5 Å². The molecule has 0 spiro atoms. The lowest BCUT2D eigenvalue weighted by Gasteiger charge is -2.13. The van der Waals surface area contributed by atoms with E-state index in [-0.39, 0.29) is 5.56 Å². The Morgan fingerprint density at radius 2 is 1.67 bits per heavy atom. The Balaban J connectivity index is 2.11. The van der Waals surface area contributed by atoms with Crippen LogP contribution in [0.25, 0.3) is 0 Å². The van der Waals surface area contributed by atoms with Gasteiger partial charge in [0.05, 0.1) is 19.8 Å². The van der Waals surface area contributed by atoms with Crippen LogP contribution in [0.1, 0.15) is 15.9 Å². The van der Waals surface area contributed by atoms with Crippen molar-refractivity contribution >= 4 is 5.97 Å². The third kappa shape index (κ3) is 3.45. The topological polar surface area (TPSA) is 65.0 Å². The first kappa shape index (κ1) is 14.7. The first-order valence-electron chi connectivity index (χ1n) is 6.31. The Bertz CT molecular complexity index is 619. The van der Waals surface area contributed by atoms with Crippen molar-refractivity contribution in [2.45, 2.75) is 6.61 Å². The minimum absolute atomic E-state index is 0.248. The Kier molecular flexibility index (Phi) is 4.66. The average molecular weight is 288 g/mol. The molecule has 2 aromatic rings. The van der Waals surface area contributed by atoms with Gasteiger partial charge in [-0.2, -0.15) is 0 Å². The number of hydrogen-bond acceptors (Lipinski definition) is 4. The quantitative estimate of drug-likeness (QED) is 0.885. The lowest BCUT2D eigenvalue weighted by molar-refractivity contribution is 0.0697. The second kappa shape index (κ2) is 6.65. The number of rotatable bonds is 6. The van der Waals surface area contributed by atoms with E-state index in [1.807, 2.05) is 6.07 Å². The summed E-state index contributed by atoms with van der Waals surface area (Å²) >= 11 is 0. The fourth-order valence-corrected chi connectivity index (χ4v) is 1.88. The van der Waals surface area contributed by atoms with Crippen molar-refractivity contribution in [2.75, 3.05) is 14.2 Å². The smallest absolute Gasteiger partial charge is 0.335 e. The van der Waals surface area contributed by atoms with E-state index in [2.05, 4.69) is 0 Å². The number of carboxylic acid groups (broad SMARTS) is 1. The molecule has 0 saturated carbocycles. The van der Waals surface area contributed by atoms with Gasteiger partial charge in [0, 0.05) is 0 Å². The Morgan fingerprint density at radius 3 is 2.24 bits per heavy atom. The molecule has 0 bridgehead atoms. The minimum atomic E-state index is -0.947. The summed E-state index contributed by atoms with van der Waals surface area (Å²) in [5, 5.41) is 8.85. The maximum absolute atomic E-state index is 10.8. The number of aromatic carboxylic acids is 1. The molecule has 0 unspecified atom stereocenters. The summed E-state index contributed by atoms with van der Waals surface area (Å²) in [4.78, 5) is 10.8. The van der Waals surface area contributed by atoms with E-state index >= 15 is 0 Å². The molecule has 1 N–H and O–H groups in total. The molecule has 0 amide bonds. The van der Waals surface area contributed by atoms with Gasteiger partial charge in [-0.1, -0.05) is 18.2 Å². The summed E-state index contributed by atoms with van der Waals surface area (Å²) in [6.45, 7) is 0.309. The first-order valence-corrected chi connectivity index (χ1v) is 6.31. The van der Waals surface area contributed by atoms with Gasteiger partial charge in [-0.15, -0.1) is 0 Å². The lowest BCUT2D eigenvalue weighted by atomic mass is 10.1. The van der Waals surface area contributed by atoms with Crippen molar-refractivity contribution in [1.29, 1.82) is 0 Å². The number of carboxylic acids is 1. The highest BCUT2D eigenvalue weighted by Gasteiger charge is 2.10. The molecule has 2 rings (SSSR count). The minimum Gasteiger partial charge on any atom is -0.493 e. The highest BCUT2D eigenvalue weighted by Crippen LogP contribution is 2.36. The molecule has 5 heteroatoms. The van der Waals surface area contributed by atoms with E-state index in [0.717, 1.165) is 5.56 Å². The third-order valence-electron chi connectivity index (χ3n) is 2.96.